The third-order valence-electron chi connectivity index (χ3n) is 11.5. The molecule has 2 heterocycles. The molecule has 4 nitrogen and oxygen atoms in total. The quantitative estimate of drug-likeness (QED) is 0.172. The van der Waals surface area contributed by atoms with Gasteiger partial charge in [0.25, 0.3) is 0 Å². The molecule has 0 bridgehead atoms. The van der Waals surface area contributed by atoms with E-state index in [-0.39, 0.29) is 0 Å². The molecule has 8 aromatic carbocycles. The van der Waals surface area contributed by atoms with Crippen molar-refractivity contribution in [3.63, 3.8) is 0 Å². The first kappa shape index (κ1) is 33.6. The molecule has 0 unspecified atom stereocenters. The van der Waals surface area contributed by atoms with Crippen molar-refractivity contribution in [2.24, 2.45) is 0 Å². The van der Waals surface area contributed by atoms with Gasteiger partial charge in [0.15, 0.2) is 23.0 Å². The Bertz CT molecular complexity index is 2970. The molecule has 11 rings (SSSR count). The minimum Gasteiger partial charge on any atom is -0.449 e. The van der Waals surface area contributed by atoms with E-state index in [9.17, 15) is 0 Å². The van der Waals surface area contributed by atoms with E-state index >= 15 is 0 Å². The summed E-state index contributed by atoms with van der Waals surface area (Å²) in [5.74, 6) is 2.71. The number of pyridine rings is 1. The SMILES string of the molecule is Nc1cccc(-c2cccc(-c3cc(-c4ccccc4)nc(-c4ccc5c(c4)Oc4c(ccc6c4-c4ccccc4C6(c4ccccc4)c4ccccc4)O5)c3)c2)c1. The second-order valence-corrected chi connectivity index (χ2v) is 14.9. The fourth-order valence-electron chi connectivity index (χ4n) is 8.92. The predicted molar refractivity (Wildman–Crippen MR) is 234 cm³/mol. The number of nitrogens with zero attached hydrogens (tertiary/aromatic N) is 1. The minimum absolute atomic E-state index is 0.544. The lowest BCUT2D eigenvalue weighted by Crippen LogP contribution is -2.28. The molecule has 1 aliphatic carbocycles. The molecule has 0 saturated carbocycles. The molecule has 0 atom stereocenters. The minimum atomic E-state index is -0.544. The van der Waals surface area contributed by atoms with Crippen LogP contribution in [0.4, 0.5) is 5.69 Å². The van der Waals surface area contributed by atoms with Gasteiger partial charge in [-0.05, 0) is 105 Å². The monoisotopic (exact) mass is 744 g/mol. The molecule has 0 radical (unpaired) electrons. The first-order chi connectivity index (χ1) is 28.6. The Balaban J connectivity index is 1.05. The van der Waals surface area contributed by atoms with Gasteiger partial charge in [0.1, 0.15) is 0 Å². The van der Waals surface area contributed by atoms with E-state index in [0.29, 0.717) is 23.0 Å². The zero-order chi connectivity index (χ0) is 38.6. The molecule has 0 fully saturated rings. The summed E-state index contributed by atoms with van der Waals surface area (Å²) in [5.41, 5.74) is 21.3. The summed E-state index contributed by atoms with van der Waals surface area (Å²) in [6, 6.07) is 71.9. The number of rotatable bonds is 6. The van der Waals surface area contributed by atoms with Gasteiger partial charge in [-0.15, -0.1) is 0 Å². The van der Waals surface area contributed by atoms with Crippen LogP contribution in [0.25, 0.3) is 55.9 Å². The number of anilines is 1. The van der Waals surface area contributed by atoms with Gasteiger partial charge in [-0.3, -0.25) is 0 Å². The first-order valence-corrected chi connectivity index (χ1v) is 19.6. The topological polar surface area (TPSA) is 57.4 Å². The highest BCUT2D eigenvalue weighted by Gasteiger charge is 2.48. The molecule has 0 saturated heterocycles. The molecule has 2 N–H and O–H groups in total. The number of ether oxygens (including phenoxy) is 2. The van der Waals surface area contributed by atoms with Gasteiger partial charge in [0.05, 0.1) is 16.8 Å². The lowest BCUT2D eigenvalue weighted by Gasteiger charge is -2.34. The van der Waals surface area contributed by atoms with Crippen LogP contribution in [0.2, 0.25) is 0 Å². The Morgan fingerprint density at radius 2 is 0.966 bits per heavy atom. The third kappa shape index (κ3) is 5.41. The van der Waals surface area contributed by atoms with Crippen molar-refractivity contribution >= 4 is 5.69 Å². The average Bonchev–Trinajstić information content (AvgIpc) is 3.60. The summed E-state index contributed by atoms with van der Waals surface area (Å²) < 4.78 is 13.7. The van der Waals surface area contributed by atoms with Crippen molar-refractivity contribution in [1.82, 2.24) is 4.98 Å². The van der Waals surface area contributed by atoms with Gasteiger partial charge in [-0.2, -0.15) is 0 Å². The van der Waals surface area contributed by atoms with Crippen LogP contribution in [0.1, 0.15) is 22.3 Å². The lowest BCUT2D eigenvalue weighted by molar-refractivity contribution is 0.360. The maximum Gasteiger partial charge on any atom is 0.178 e. The largest absolute Gasteiger partial charge is 0.449 e. The fraction of sp³-hybridized carbons (Fsp3) is 0.0185. The summed E-state index contributed by atoms with van der Waals surface area (Å²) in [6.45, 7) is 0. The number of nitrogens with two attached hydrogens (primary N) is 1. The van der Waals surface area contributed by atoms with Crippen LogP contribution in [0.15, 0.2) is 206 Å². The standard InChI is InChI=1S/C54H36N2O2/c55-43-23-13-18-38(31-43)36-16-12-17-37(30-36)40-32-47(35-14-4-1-5-15-35)56-48(33-40)39-26-28-49-51(34-39)58-53-50(57-49)29-27-46-52(53)44-24-10-11-25-45(44)54(46,41-19-6-2-7-20-41)42-21-8-3-9-22-42/h1-34H,55H2. The summed E-state index contributed by atoms with van der Waals surface area (Å²) in [7, 11) is 0. The second-order valence-electron chi connectivity index (χ2n) is 14.9. The van der Waals surface area contributed by atoms with E-state index in [1.165, 1.54) is 16.7 Å². The van der Waals surface area contributed by atoms with Gasteiger partial charge >= 0.3 is 0 Å². The predicted octanol–water partition coefficient (Wildman–Crippen LogP) is 13.6. The Labute approximate surface area is 337 Å². The van der Waals surface area contributed by atoms with Crippen molar-refractivity contribution in [1.29, 1.82) is 0 Å². The van der Waals surface area contributed by atoms with Crippen LogP contribution >= 0.6 is 0 Å². The molecule has 274 valence electrons. The molecule has 58 heavy (non-hydrogen) atoms. The van der Waals surface area contributed by atoms with Gasteiger partial charge in [0, 0.05) is 22.4 Å². The zero-order valence-electron chi connectivity index (χ0n) is 31.5. The van der Waals surface area contributed by atoms with Crippen LogP contribution < -0.4 is 15.2 Å². The number of hydrogen-bond acceptors (Lipinski definition) is 4. The van der Waals surface area contributed by atoms with Crippen LogP contribution in [-0.2, 0) is 5.41 Å². The van der Waals surface area contributed by atoms with Crippen LogP contribution in [0.5, 0.6) is 23.0 Å². The van der Waals surface area contributed by atoms with Crippen LogP contribution in [0.3, 0.4) is 0 Å². The van der Waals surface area contributed by atoms with Crippen molar-refractivity contribution in [2.75, 3.05) is 5.73 Å². The zero-order valence-corrected chi connectivity index (χ0v) is 31.5. The van der Waals surface area contributed by atoms with Crippen LogP contribution in [0, 0.1) is 0 Å². The van der Waals surface area contributed by atoms with Gasteiger partial charge in [0.2, 0.25) is 0 Å². The lowest BCUT2D eigenvalue weighted by atomic mass is 9.68. The smallest absolute Gasteiger partial charge is 0.178 e. The van der Waals surface area contributed by atoms with Crippen LogP contribution in [-0.4, -0.2) is 4.98 Å². The Morgan fingerprint density at radius 1 is 0.379 bits per heavy atom. The number of aromatic nitrogens is 1. The maximum atomic E-state index is 7.05. The molecule has 0 spiro atoms. The van der Waals surface area contributed by atoms with Gasteiger partial charge < -0.3 is 15.2 Å². The molecule has 1 aliphatic heterocycles. The molecule has 1 aromatic heterocycles. The van der Waals surface area contributed by atoms with Gasteiger partial charge in [-0.25, -0.2) is 4.98 Å². The second kappa shape index (κ2) is 13.5. The van der Waals surface area contributed by atoms with Crippen molar-refractivity contribution in [3.8, 4) is 78.9 Å². The fourth-order valence-corrected chi connectivity index (χ4v) is 8.92. The van der Waals surface area contributed by atoms with E-state index in [4.69, 9.17) is 20.2 Å². The van der Waals surface area contributed by atoms with Crippen molar-refractivity contribution in [2.45, 2.75) is 5.41 Å². The average molecular weight is 745 g/mol. The number of hydrogen-bond donors (Lipinski definition) is 1. The Kier molecular flexibility index (Phi) is 7.83. The summed E-state index contributed by atoms with van der Waals surface area (Å²) in [6.07, 6.45) is 0. The van der Waals surface area contributed by atoms with Gasteiger partial charge in [-0.1, -0.05) is 152 Å². The first-order valence-electron chi connectivity index (χ1n) is 19.6. The Hall–Kier alpha value is -7.69. The molecular formula is C54H36N2O2. The molecule has 0 amide bonds. The highest BCUT2D eigenvalue weighted by atomic mass is 16.6. The van der Waals surface area contributed by atoms with E-state index in [0.717, 1.165) is 67.1 Å². The highest BCUT2D eigenvalue weighted by molar-refractivity contribution is 5.92. The maximum absolute atomic E-state index is 7.05. The normalized spacial score (nSPS) is 13.0. The number of benzene rings is 8. The van der Waals surface area contributed by atoms with E-state index < -0.39 is 5.41 Å². The molecule has 4 heteroatoms. The summed E-state index contributed by atoms with van der Waals surface area (Å²) in [5, 5.41) is 0. The summed E-state index contributed by atoms with van der Waals surface area (Å²) in [4.78, 5) is 5.25. The third-order valence-corrected chi connectivity index (χ3v) is 11.5. The molecular weight excluding hydrogens is 709 g/mol. The molecule has 2 aliphatic rings. The van der Waals surface area contributed by atoms with E-state index in [2.05, 4.69) is 164 Å². The highest BCUT2D eigenvalue weighted by Crippen LogP contribution is 2.62. The van der Waals surface area contributed by atoms with E-state index in [1.54, 1.807) is 0 Å². The number of fused-ring (bicyclic) bond motifs is 6. The van der Waals surface area contributed by atoms with Crippen molar-refractivity contribution in [3.05, 3.63) is 229 Å². The number of nitrogen functional groups attached to an aromatic ring is 1. The Morgan fingerprint density at radius 3 is 1.69 bits per heavy atom. The summed E-state index contributed by atoms with van der Waals surface area (Å²) >= 11 is 0. The van der Waals surface area contributed by atoms with Crippen molar-refractivity contribution < 1.29 is 9.47 Å². The van der Waals surface area contributed by atoms with E-state index in [1.807, 2.05) is 42.5 Å². The molecule has 9 aromatic rings.